The highest BCUT2D eigenvalue weighted by Crippen LogP contribution is 2.28. The Balaban J connectivity index is 2.14. The maximum atomic E-state index is 5.91. The Kier molecular flexibility index (Phi) is 3.21. The fourth-order valence-corrected chi connectivity index (χ4v) is 2.18. The molecule has 0 amide bonds. The molecule has 0 spiro atoms. The SMILES string of the molecule is N[C@@H]1CCO[C@H](c2cccc(Br)c2)C1. The number of hydrogen-bond donors (Lipinski definition) is 1. The predicted octanol–water partition coefficient (Wildman–Crippen LogP) is 2.63. The van der Waals surface area contributed by atoms with Gasteiger partial charge in [-0.1, -0.05) is 28.1 Å². The van der Waals surface area contributed by atoms with Gasteiger partial charge in [0.05, 0.1) is 6.10 Å². The first-order valence-electron chi connectivity index (χ1n) is 4.88. The molecule has 0 bridgehead atoms. The summed E-state index contributed by atoms with van der Waals surface area (Å²) in [7, 11) is 0. The number of hydrogen-bond acceptors (Lipinski definition) is 2. The first kappa shape index (κ1) is 10.1. The molecule has 0 aliphatic carbocycles. The van der Waals surface area contributed by atoms with Crippen LogP contribution in [0, 0.1) is 0 Å². The fourth-order valence-electron chi connectivity index (χ4n) is 1.76. The van der Waals surface area contributed by atoms with Gasteiger partial charge in [-0.2, -0.15) is 0 Å². The zero-order chi connectivity index (χ0) is 9.97. The topological polar surface area (TPSA) is 35.2 Å². The van der Waals surface area contributed by atoms with Gasteiger partial charge < -0.3 is 10.5 Å². The summed E-state index contributed by atoms with van der Waals surface area (Å²) in [6.45, 7) is 0.776. The quantitative estimate of drug-likeness (QED) is 0.838. The minimum Gasteiger partial charge on any atom is -0.373 e. The smallest absolute Gasteiger partial charge is 0.0840 e. The van der Waals surface area contributed by atoms with Crippen LogP contribution in [0.25, 0.3) is 0 Å². The molecule has 2 atom stereocenters. The molecule has 1 fully saturated rings. The molecule has 0 aromatic heterocycles. The molecule has 1 aromatic carbocycles. The molecule has 3 heteroatoms. The normalized spacial score (nSPS) is 27.6. The molecule has 1 aliphatic rings. The highest BCUT2D eigenvalue weighted by Gasteiger charge is 2.21. The molecule has 14 heavy (non-hydrogen) atoms. The van der Waals surface area contributed by atoms with Crippen molar-refractivity contribution in [3.05, 3.63) is 34.3 Å². The molecule has 0 unspecified atom stereocenters. The molecule has 1 aromatic rings. The zero-order valence-electron chi connectivity index (χ0n) is 7.95. The highest BCUT2D eigenvalue weighted by molar-refractivity contribution is 9.10. The molecule has 1 saturated heterocycles. The maximum absolute atomic E-state index is 5.91. The predicted molar refractivity (Wildman–Crippen MR) is 60.0 cm³/mol. The third kappa shape index (κ3) is 2.35. The van der Waals surface area contributed by atoms with Crippen LogP contribution >= 0.6 is 15.9 Å². The van der Waals surface area contributed by atoms with Gasteiger partial charge in [-0.05, 0) is 30.5 Å². The molecule has 1 aliphatic heterocycles. The van der Waals surface area contributed by atoms with E-state index in [1.54, 1.807) is 0 Å². The van der Waals surface area contributed by atoms with Crippen molar-refractivity contribution >= 4 is 15.9 Å². The summed E-state index contributed by atoms with van der Waals surface area (Å²) in [5.74, 6) is 0. The van der Waals surface area contributed by atoms with Gasteiger partial charge in [0.1, 0.15) is 0 Å². The lowest BCUT2D eigenvalue weighted by Gasteiger charge is -2.27. The second kappa shape index (κ2) is 4.43. The van der Waals surface area contributed by atoms with E-state index in [-0.39, 0.29) is 12.1 Å². The molecule has 1 heterocycles. The van der Waals surface area contributed by atoms with Crippen LogP contribution in [0.5, 0.6) is 0 Å². The van der Waals surface area contributed by atoms with Crippen molar-refractivity contribution < 1.29 is 4.74 Å². The van der Waals surface area contributed by atoms with E-state index in [1.807, 2.05) is 12.1 Å². The number of benzene rings is 1. The van der Waals surface area contributed by atoms with Gasteiger partial charge in [-0.15, -0.1) is 0 Å². The van der Waals surface area contributed by atoms with Crippen molar-refractivity contribution in [2.75, 3.05) is 6.61 Å². The van der Waals surface area contributed by atoms with Gasteiger partial charge in [-0.25, -0.2) is 0 Å². The monoisotopic (exact) mass is 255 g/mol. The summed E-state index contributed by atoms with van der Waals surface area (Å²) in [5.41, 5.74) is 7.13. The Labute approximate surface area is 92.6 Å². The zero-order valence-corrected chi connectivity index (χ0v) is 9.53. The third-order valence-electron chi connectivity index (χ3n) is 2.54. The average Bonchev–Trinajstić information content (AvgIpc) is 2.18. The molecular formula is C11H14BrNO. The van der Waals surface area contributed by atoms with Crippen LogP contribution in [0.2, 0.25) is 0 Å². The van der Waals surface area contributed by atoms with Crippen LogP contribution in [-0.2, 0) is 4.74 Å². The molecular weight excluding hydrogens is 242 g/mol. The van der Waals surface area contributed by atoms with Gasteiger partial charge in [0.15, 0.2) is 0 Å². The van der Waals surface area contributed by atoms with Crippen molar-refractivity contribution in [3.63, 3.8) is 0 Å². The van der Waals surface area contributed by atoms with Crippen LogP contribution in [-0.4, -0.2) is 12.6 Å². The van der Waals surface area contributed by atoms with Crippen LogP contribution in [0.15, 0.2) is 28.7 Å². The standard InChI is InChI=1S/C11H14BrNO/c12-9-3-1-2-8(6-9)11-7-10(13)4-5-14-11/h1-3,6,10-11H,4-5,7,13H2/t10-,11+/m1/s1. The van der Waals surface area contributed by atoms with E-state index >= 15 is 0 Å². The Morgan fingerprint density at radius 3 is 3.00 bits per heavy atom. The maximum Gasteiger partial charge on any atom is 0.0840 e. The molecule has 2 nitrogen and oxygen atoms in total. The Hall–Kier alpha value is -0.380. The Morgan fingerprint density at radius 1 is 1.43 bits per heavy atom. The van der Waals surface area contributed by atoms with Crippen molar-refractivity contribution in [3.8, 4) is 0 Å². The first-order valence-corrected chi connectivity index (χ1v) is 5.67. The van der Waals surface area contributed by atoms with Crippen molar-refractivity contribution in [1.29, 1.82) is 0 Å². The highest BCUT2D eigenvalue weighted by atomic mass is 79.9. The van der Waals surface area contributed by atoms with Crippen molar-refractivity contribution in [2.45, 2.75) is 25.0 Å². The van der Waals surface area contributed by atoms with Crippen LogP contribution < -0.4 is 5.73 Å². The Bertz CT molecular complexity index is 316. The molecule has 2 N–H and O–H groups in total. The second-order valence-electron chi connectivity index (χ2n) is 3.70. The fraction of sp³-hybridized carbons (Fsp3) is 0.455. The summed E-state index contributed by atoms with van der Waals surface area (Å²) in [4.78, 5) is 0. The average molecular weight is 256 g/mol. The molecule has 76 valence electrons. The van der Waals surface area contributed by atoms with Crippen molar-refractivity contribution in [1.82, 2.24) is 0 Å². The van der Waals surface area contributed by atoms with Crippen LogP contribution in [0.4, 0.5) is 0 Å². The van der Waals surface area contributed by atoms with E-state index in [9.17, 15) is 0 Å². The van der Waals surface area contributed by atoms with Gasteiger partial charge >= 0.3 is 0 Å². The van der Waals surface area contributed by atoms with E-state index in [0.29, 0.717) is 0 Å². The van der Waals surface area contributed by atoms with Gasteiger partial charge in [0.2, 0.25) is 0 Å². The molecule has 0 radical (unpaired) electrons. The second-order valence-corrected chi connectivity index (χ2v) is 4.61. The molecule has 0 saturated carbocycles. The lowest BCUT2D eigenvalue weighted by molar-refractivity contribution is 0.00664. The summed E-state index contributed by atoms with van der Waals surface area (Å²) in [6, 6.07) is 8.53. The third-order valence-corrected chi connectivity index (χ3v) is 3.04. The lowest BCUT2D eigenvalue weighted by atomic mass is 9.98. The number of rotatable bonds is 1. The molecule has 2 rings (SSSR count). The van der Waals surface area contributed by atoms with Gasteiger partial charge in [0.25, 0.3) is 0 Å². The minimum atomic E-state index is 0.177. The number of halogens is 1. The van der Waals surface area contributed by atoms with E-state index in [1.165, 1.54) is 5.56 Å². The summed E-state index contributed by atoms with van der Waals surface area (Å²) >= 11 is 3.46. The lowest BCUT2D eigenvalue weighted by Crippen LogP contribution is -2.30. The van der Waals surface area contributed by atoms with Crippen LogP contribution in [0.3, 0.4) is 0 Å². The van der Waals surface area contributed by atoms with Gasteiger partial charge in [0, 0.05) is 17.1 Å². The number of nitrogens with two attached hydrogens (primary N) is 1. The Morgan fingerprint density at radius 2 is 2.29 bits per heavy atom. The minimum absolute atomic E-state index is 0.177. The summed E-state index contributed by atoms with van der Waals surface area (Å²) in [6.07, 6.45) is 2.08. The van der Waals surface area contributed by atoms with E-state index in [4.69, 9.17) is 10.5 Å². The first-order chi connectivity index (χ1) is 6.75. The van der Waals surface area contributed by atoms with E-state index in [0.717, 1.165) is 23.9 Å². The van der Waals surface area contributed by atoms with Gasteiger partial charge in [-0.3, -0.25) is 0 Å². The number of ether oxygens (including phenoxy) is 1. The van der Waals surface area contributed by atoms with Crippen LogP contribution in [0.1, 0.15) is 24.5 Å². The van der Waals surface area contributed by atoms with E-state index in [2.05, 4.69) is 28.1 Å². The van der Waals surface area contributed by atoms with E-state index < -0.39 is 0 Å². The summed E-state index contributed by atoms with van der Waals surface area (Å²) < 4.78 is 6.78. The largest absolute Gasteiger partial charge is 0.373 e. The summed E-state index contributed by atoms with van der Waals surface area (Å²) in [5, 5.41) is 0. The van der Waals surface area contributed by atoms with Crippen molar-refractivity contribution in [2.24, 2.45) is 5.73 Å².